The van der Waals surface area contributed by atoms with E-state index in [2.05, 4.69) is 6.58 Å². The first-order valence-electron chi connectivity index (χ1n) is 6.06. The van der Waals surface area contributed by atoms with Crippen molar-refractivity contribution in [3.63, 3.8) is 0 Å². The summed E-state index contributed by atoms with van der Waals surface area (Å²) in [5.41, 5.74) is 0.804. The minimum atomic E-state index is -0.513. The Morgan fingerprint density at radius 1 is 1.05 bits per heavy atom. The quantitative estimate of drug-likeness (QED) is 0.616. The molecule has 1 aromatic heterocycles. The normalized spacial score (nSPS) is 10.4. The molecule has 0 bridgehead atoms. The molecule has 0 atom stereocenters. The summed E-state index contributed by atoms with van der Waals surface area (Å²) >= 11 is 0. The second-order valence-electron chi connectivity index (χ2n) is 4.61. The summed E-state index contributed by atoms with van der Waals surface area (Å²) in [5.74, 6) is 0. The highest BCUT2D eigenvalue weighted by Gasteiger charge is 2.05. The summed E-state index contributed by atoms with van der Waals surface area (Å²) in [5, 5.41) is 0. The van der Waals surface area contributed by atoms with Crippen molar-refractivity contribution in [3.8, 4) is 0 Å². The van der Waals surface area contributed by atoms with Crippen LogP contribution in [0.2, 0.25) is 0 Å². The standard InChI is InChI=1S/C15H16N2O2/c1-12(2)10-16-8-9-17(15(19)14(16)18)11-13-6-4-3-5-7-13/h3-9H,1,10-11H2,2H3. The van der Waals surface area contributed by atoms with Crippen molar-refractivity contribution in [2.45, 2.75) is 20.0 Å². The molecule has 0 aliphatic carbocycles. The second kappa shape index (κ2) is 5.52. The topological polar surface area (TPSA) is 44.0 Å². The van der Waals surface area contributed by atoms with Crippen LogP contribution < -0.4 is 11.1 Å². The molecule has 0 fully saturated rings. The van der Waals surface area contributed by atoms with Gasteiger partial charge in [-0.15, -0.1) is 0 Å². The van der Waals surface area contributed by atoms with Gasteiger partial charge in [-0.25, -0.2) is 0 Å². The van der Waals surface area contributed by atoms with Crippen LogP contribution in [0.4, 0.5) is 0 Å². The fourth-order valence-corrected chi connectivity index (χ4v) is 1.86. The molecule has 1 heterocycles. The van der Waals surface area contributed by atoms with E-state index in [1.807, 2.05) is 37.3 Å². The summed E-state index contributed by atoms with van der Waals surface area (Å²) in [6.07, 6.45) is 3.26. The highest BCUT2D eigenvalue weighted by Crippen LogP contribution is 1.99. The lowest BCUT2D eigenvalue weighted by Gasteiger charge is -2.08. The summed E-state index contributed by atoms with van der Waals surface area (Å²) in [6, 6.07) is 9.57. The minimum absolute atomic E-state index is 0.375. The molecule has 1 aromatic carbocycles. The van der Waals surface area contributed by atoms with Crippen LogP contribution in [0.25, 0.3) is 0 Å². The maximum absolute atomic E-state index is 12.0. The van der Waals surface area contributed by atoms with Crippen molar-refractivity contribution in [1.29, 1.82) is 0 Å². The Hall–Kier alpha value is -2.36. The van der Waals surface area contributed by atoms with Crippen LogP contribution in [0.1, 0.15) is 12.5 Å². The van der Waals surface area contributed by atoms with Crippen LogP contribution >= 0.6 is 0 Å². The van der Waals surface area contributed by atoms with Gasteiger partial charge in [0.15, 0.2) is 0 Å². The molecule has 0 aliphatic rings. The van der Waals surface area contributed by atoms with Crippen LogP contribution in [0.15, 0.2) is 64.5 Å². The number of hydrogen-bond acceptors (Lipinski definition) is 2. The molecule has 4 nitrogen and oxygen atoms in total. The Bertz CT molecular complexity index is 696. The van der Waals surface area contributed by atoms with Crippen molar-refractivity contribution < 1.29 is 0 Å². The van der Waals surface area contributed by atoms with E-state index in [0.717, 1.165) is 11.1 Å². The molecule has 0 radical (unpaired) electrons. The fourth-order valence-electron chi connectivity index (χ4n) is 1.86. The van der Waals surface area contributed by atoms with Gasteiger partial charge in [-0.3, -0.25) is 9.59 Å². The van der Waals surface area contributed by atoms with Gasteiger partial charge in [-0.2, -0.15) is 0 Å². The van der Waals surface area contributed by atoms with E-state index in [4.69, 9.17) is 0 Å². The zero-order valence-corrected chi connectivity index (χ0v) is 10.9. The van der Waals surface area contributed by atoms with Gasteiger partial charge < -0.3 is 9.13 Å². The average molecular weight is 256 g/mol. The van der Waals surface area contributed by atoms with Gasteiger partial charge in [0.25, 0.3) is 0 Å². The number of allylic oxidation sites excluding steroid dienone is 1. The lowest BCUT2D eigenvalue weighted by atomic mass is 10.2. The molecule has 19 heavy (non-hydrogen) atoms. The largest absolute Gasteiger partial charge is 0.316 e. The highest BCUT2D eigenvalue weighted by atomic mass is 16.2. The maximum Gasteiger partial charge on any atom is 0.316 e. The van der Waals surface area contributed by atoms with Crippen LogP contribution in [-0.4, -0.2) is 9.13 Å². The van der Waals surface area contributed by atoms with Gasteiger partial charge in [0.1, 0.15) is 0 Å². The highest BCUT2D eigenvalue weighted by molar-refractivity contribution is 5.15. The molecular weight excluding hydrogens is 240 g/mol. The molecule has 0 amide bonds. The Balaban J connectivity index is 2.34. The summed E-state index contributed by atoms with van der Waals surface area (Å²) in [7, 11) is 0. The van der Waals surface area contributed by atoms with Gasteiger partial charge in [0.2, 0.25) is 0 Å². The van der Waals surface area contributed by atoms with E-state index >= 15 is 0 Å². The monoisotopic (exact) mass is 256 g/mol. The lowest BCUT2D eigenvalue weighted by molar-refractivity contribution is 0.662. The molecule has 0 saturated heterocycles. The fraction of sp³-hybridized carbons (Fsp3) is 0.200. The molecule has 0 spiro atoms. The van der Waals surface area contributed by atoms with Gasteiger partial charge >= 0.3 is 11.1 Å². The van der Waals surface area contributed by atoms with E-state index in [1.165, 1.54) is 9.13 Å². The number of benzene rings is 1. The number of aromatic nitrogens is 2. The van der Waals surface area contributed by atoms with Crippen molar-refractivity contribution >= 4 is 0 Å². The summed E-state index contributed by atoms with van der Waals surface area (Å²) in [6.45, 7) is 6.34. The predicted octanol–water partition coefficient (Wildman–Crippen LogP) is 1.63. The van der Waals surface area contributed by atoms with Gasteiger partial charge in [-0.05, 0) is 12.5 Å². The molecule has 0 unspecified atom stereocenters. The van der Waals surface area contributed by atoms with Crippen LogP contribution in [0.5, 0.6) is 0 Å². The van der Waals surface area contributed by atoms with Gasteiger partial charge in [-0.1, -0.05) is 42.5 Å². The van der Waals surface area contributed by atoms with Crippen molar-refractivity contribution in [2.75, 3.05) is 0 Å². The molecule has 2 rings (SSSR count). The zero-order valence-electron chi connectivity index (χ0n) is 10.9. The third kappa shape index (κ3) is 3.10. The smallest absolute Gasteiger partial charge is 0.305 e. The molecular formula is C15H16N2O2. The number of hydrogen-bond donors (Lipinski definition) is 0. The van der Waals surface area contributed by atoms with E-state index < -0.39 is 11.1 Å². The number of rotatable bonds is 4. The molecule has 0 saturated carbocycles. The Morgan fingerprint density at radius 3 is 2.26 bits per heavy atom. The van der Waals surface area contributed by atoms with Gasteiger partial charge in [0.05, 0.1) is 6.54 Å². The second-order valence-corrected chi connectivity index (χ2v) is 4.61. The van der Waals surface area contributed by atoms with E-state index in [1.54, 1.807) is 12.4 Å². The Morgan fingerprint density at radius 2 is 1.63 bits per heavy atom. The first kappa shape index (κ1) is 13.1. The van der Waals surface area contributed by atoms with E-state index in [-0.39, 0.29) is 0 Å². The summed E-state index contributed by atoms with van der Waals surface area (Å²) in [4.78, 5) is 23.9. The van der Waals surface area contributed by atoms with Crippen molar-refractivity contribution in [3.05, 3.63) is 81.1 Å². The first-order chi connectivity index (χ1) is 9.08. The molecule has 2 aromatic rings. The van der Waals surface area contributed by atoms with Crippen molar-refractivity contribution in [2.24, 2.45) is 0 Å². The predicted molar refractivity (Wildman–Crippen MR) is 75.3 cm³/mol. The Labute approximate surface area is 111 Å². The van der Waals surface area contributed by atoms with E-state index in [9.17, 15) is 9.59 Å². The minimum Gasteiger partial charge on any atom is -0.305 e. The third-order valence-corrected chi connectivity index (χ3v) is 2.77. The third-order valence-electron chi connectivity index (χ3n) is 2.77. The summed E-state index contributed by atoms with van der Waals surface area (Å²) < 4.78 is 2.80. The zero-order chi connectivity index (χ0) is 13.8. The lowest BCUT2D eigenvalue weighted by Crippen LogP contribution is -2.40. The molecule has 0 N–H and O–H groups in total. The van der Waals surface area contributed by atoms with Gasteiger partial charge in [0, 0.05) is 18.9 Å². The Kier molecular flexibility index (Phi) is 3.80. The van der Waals surface area contributed by atoms with Crippen LogP contribution in [0.3, 0.4) is 0 Å². The SMILES string of the molecule is C=C(C)Cn1ccn(Cc2ccccc2)c(=O)c1=O. The van der Waals surface area contributed by atoms with E-state index in [0.29, 0.717) is 13.1 Å². The number of nitrogens with zero attached hydrogens (tertiary/aromatic N) is 2. The average Bonchev–Trinajstić information content (AvgIpc) is 2.39. The van der Waals surface area contributed by atoms with Crippen LogP contribution in [0, 0.1) is 0 Å². The molecule has 4 heteroatoms. The molecule has 0 aliphatic heterocycles. The molecule has 98 valence electrons. The first-order valence-corrected chi connectivity index (χ1v) is 6.06. The van der Waals surface area contributed by atoms with Crippen molar-refractivity contribution in [1.82, 2.24) is 9.13 Å². The maximum atomic E-state index is 12.0. The van der Waals surface area contributed by atoms with Crippen LogP contribution in [-0.2, 0) is 13.1 Å².